The maximum absolute atomic E-state index is 15.2. The quantitative estimate of drug-likeness (QED) is 0.0143. The molecule has 0 radical (unpaired) electrons. The van der Waals surface area contributed by atoms with Crippen molar-refractivity contribution in [3.8, 4) is 0 Å². The van der Waals surface area contributed by atoms with Crippen LogP contribution in [0, 0.1) is 0 Å². The number of hydrogen-bond acceptors (Lipinski definition) is 18. The summed E-state index contributed by atoms with van der Waals surface area (Å²) in [5, 5.41) is 81.0. The summed E-state index contributed by atoms with van der Waals surface area (Å²) in [5.41, 5.74) is 0. The third kappa shape index (κ3) is 71.1. The minimum atomic E-state index is -4.98. The molecule has 0 spiro atoms. The molecule has 0 aliphatic rings. The van der Waals surface area contributed by atoms with Gasteiger partial charge in [-0.3, -0.25) is 28.8 Å². The van der Waals surface area contributed by atoms with Crippen LogP contribution in [0.3, 0.4) is 0 Å². The van der Waals surface area contributed by atoms with Gasteiger partial charge in [-0.25, -0.2) is 0 Å². The van der Waals surface area contributed by atoms with Crippen LogP contribution >= 0.6 is 0 Å². The van der Waals surface area contributed by atoms with E-state index in [1.165, 1.54) is 289 Å². The van der Waals surface area contributed by atoms with E-state index in [4.69, 9.17) is 28.4 Å². The monoisotopic (exact) mass is 1880 g/mol. The molecular weight excluding hydrogens is 1660 g/mol. The van der Waals surface area contributed by atoms with E-state index < -0.39 is 110 Å². The molecule has 0 aliphatic carbocycles. The van der Waals surface area contributed by atoms with Gasteiger partial charge in [0.2, 0.25) is 0 Å². The second kappa shape index (κ2) is 93.9. The molecule has 18 heteroatoms. The van der Waals surface area contributed by atoms with Gasteiger partial charge in [-0.15, -0.1) is 0 Å². The molecule has 6 N–H and O–H groups in total. The zero-order valence-electron chi connectivity index (χ0n) is 87.7. The highest BCUT2D eigenvalue weighted by Crippen LogP contribution is 2.50. The number of esters is 6. The summed E-state index contributed by atoms with van der Waals surface area (Å²) < 4.78 is 34.9. The van der Waals surface area contributed by atoms with Crippen LogP contribution in [0.25, 0.3) is 0 Å². The summed E-state index contributed by atoms with van der Waals surface area (Å²) in [6.45, 7) is 11.4. The Bertz CT molecular complexity index is 2500. The van der Waals surface area contributed by atoms with Crippen LogP contribution in [-0.2, 0) is 57.2 Å². The van der Waals surface area contributed by atoms with Gasteiger partial charge in [-0.05, 0) is 38.5 Å². The number of unbranched alkanes of at least 4 members (excludes halogenated alkanes) is 84. The second-order valence-corrected chi connectivity index (χ2v) is 40.5. The lowest BCUT2D eigenvalue weighted by molar-refractivity contribution is -0.558. The number of rotatable bonds is 107. The smallest absolute Gasteiger partial charge is 0.423 e. The number of ether oxygens (including phenoxy) is 6. The van der Waals surface area contributed by atoms with Gasteiger partial charge in [0, 0.05) is 38.5 Å². The third-order valence-electron chi connectivity index (χ3n) is 27.6. The fraction of sp³-hybridized carbons (Fsp3) is 0.947. The molecule has 0 fully saturated rings. The van der Waals surface area contributed by atoms with Crippen molar-refractivity contribution in [2.75, 3.05) is 6.61 Å². The van der Waals surface area contributed by atoms with Crippen molar-refractivity contribution in [1.29, 1.82) is 0 Å². The molecule has 0 rings (SSSR count). The lowest BCUT2D eigenvalue weighted by Crippen LogP contribution is -2.85. The standard InChI is InChI=1S/C114H218O18/c1-7-13-19-25-31-37-43-49-55-61-67-73-79-85-91-97-104(116)127-110(122,103-115)111(123,128-105(117)98-92-86-80-74-68-62-56-50-44-38-32-26-20-14-8-2)112(124,129-106(118)99-93-87-81-75-69-63-57-51-45-39-33-27-21-15-9-3)113(125,130-107(119)100-94-88-82-76-70-64-58-52-46-40-34-28-22-16-10-4)114(126,131-108(120)101-95-89-83-77-71-65-59-53-47-41-35-29-23-17-11-5)132-109(121)102-96-90-84-78-72-66-60-54-48-42-36-30-24-18-12-6/h115,122-126H,7-103H2,1-6H3/t110-,111+,112+,113+/m0/s1. The fourth-order valence-corrected chi connectivity index (χ4v) is 18.6. The summed E-state index contributed by atoms with van der Waals surface area (Å²) in [7, 11) is 0. The molecule has 0 bridgehead atoms. The Hall–Kier alpha value is -3.42. The van der Waals surface area contributed by atoms with Crippen molar-refractivity contribution in [2.24, 2.45) is 0 Å². The first-order chi connectivity index (χ1) is 64.3. The normalized spacial score (nSPS) is 13.6. The third-order valence-corrected chi connectivity index (χ3v) is 27.6. The van der Waals surface area contributed by atoms with Crippen LogP contribution in [0.5, 0.6) is 0 Å². The van der Waals surface area contributed by atoms with Crippen LogP contribution in [0.15, 0.2) is 0 Å². The first kappa shape index (κ1) is 129. The van der Waals surface area contributed by atoms with Gasteiger partial charge in [0.1, 0.15) is 6.61 Å². The average Bonchev–Trinajstić information content (AvgIpc) is 0.691. The Balaban J connectivity index is 8.21. The molecule has 18 nitrogen and oxygen atoms in total. The van der Waals surface area contributed by atoms with Crippen LogP contribution < -0.4 is 0 Å². The van der Waals surface area contributed by atoms with E-state index in [2.05, 4.69) is 41.5 Å². The summed E-state index contributed by atoms with van der Waals surface area (Å²) in [6, 6.07) is 0. The predicted molar refractivity (Wildman–Crippen MR) is 546 cm³/mol. The Kier molecular flexibility index (Phi) is 91.4. The van der Waals surface area contributed by atoms with Gasteiger partial charge in [0.15, 0.2) is 0 Å². The summed E-state index contributed by atoms with van der Waals surface area (Å²) >= 11 is 0. The van der Waals surface area contributed by atoms with Gasteiger partial charge in [0.05, 0.1) is 0 Å². The molecule has 0 aromatic rings. The van der Waals surface area contributed by atoms with Crippen molar-refractivity contribution in [2.45, 2.75) is 687 Å². The highest BCUT2D eigenvalue weighted by atomic mass is 16.9. The van der Waals surface area contributed by atoms with Crippen molar-refractivity contribution in [3.05, 3.63) is 0 Å². The van der Waals surface area contributed by atoms with E-state index in [-0.39, 0.29) is 38.5 Å². The highest BCUT2D eigenvalue weighted by molar-refractivity contribution is 5.75. The molecule has 782 valence electrons. The molecule has 0 saturated carbocycles. The minimum Gasteiger partial charge on any atom is -0.423 e. The zero-order chi connectivity index (χ0) is 96.8. The summed E-state index contributed by atoms with van der Waals surface area (Å²) in [6.07, 6.45) is 87.9. The SMILES string of the molecule is CCCCCCCCCCCCCCCCCC(=O)OC(O)(OC(=O)CCCCCCCCCCCCCCCCC)[C@](O)(OC(=O)CCCCCCCCCCCCCCCCC)[C@](O)(OC(=O)CCCCCCCCCCCCCCCCC)[C@](O)(OC(=O)CCCCCCCCCCCCCCCCC)[C@](O)(CO)OC(=O)CCCCCCCCCCCCCCCCC. The molecule has 0 amide bonds. The van der Waals surface area contributed by atoms with Gasteiger partial charge in [-0.1, -0.05) is 581 Å². The topological polar surface area (TPSA) is 279 Å². The maximum Gasteiger partial charge on any atom is 0.451 e. The number of aliphatic hydroxyl groups is 6. The molecular formula is C114H218O18. The molecule has 0 heterocycles. The van der Waals surface area contributed by atoms with Gasteiger partial charge >= 0.3 is 64.9 Å². The average molecular weight is 1880 g/mol. The lowest BCUT2D eigenvalue weighted by Gasteiger charge is -2.53. The van der Waals surface area contributed by atoms with E-state index in [0.717, 1.165) is 193 Å². The largest absolute Gasteiger partial charge is 0.451 e. The van der Waals surface area contributed by atoms with Crippen molar-refractivity contribution >= 4 is 35.8 Å². The zero-order valence-corrected chi connectivity index (χ0v) is 87.7. The minimum absolute atomic E-state index is 0.0486. The highest BCUT2D eigenvalue weighted by Gasteiger charge is 2.87. The maximum atomic E-state index is 15.2. The number of carbonyl (C=O) groups is 6. The van der Waals surface area contributed by atoms with E-state index >= 15 is 14.4 Å². The first-order valence-corrected chi connectivity index (χ1v) is 57.8. The van der Waals surface area contributed by atoms with Crippen LogP contribution in [0.2, 0.25) is 0 Å². The molecule has 0 unspecified atom stereocenters. The van der Waals surface area contributed by atoms with Gasteiger partial charge < -0.3 is 59.1 Å². The Morgan fingerprint density at radius 1 is 0.152 bits per heavy atom. The van der Waals surface area contributed by atoms with Crippen molar-refractivity contribution in [3.63, 3.8) is 0 Å². The van der Waals surface area contributed by atoms with Crippen molar-refractivity contribution in [1.82, 2.24) is 0 Å². The van der Waals surface area contributed by atoms with Gasteiger partial charge in [-0.2, -0.15) is 0 Å². The summed E-state index contributed by atoms with van der Waals surface area (Å²) in [5.74, 6) is -32.0. The van der Waals surface area contributed by atoms with E-state index in [1.54, 1.807) is 0 Å². The Labute approximate surface area is 812 Å². The van der Waals surface area contributed by atoms with E-state index in [9.17, 15) is 45.0 Å². The van der Waals surface area contributed by atoms with E-state index in [1.807, 2.05) is 0 Å². The molecule has 0 saturated heterocycles. The number of hydrogen-bond donors (Lipinski definition) is 6. The van der Waals surface area contributed by atoms with Crippen LogP contribution in [0.1, 0.15) is 658 Å². The second-order valence-electron chi connectivity index (χ2n) is 40.5. The Morgan fingerprint density at radius 2 is 0.265 bits per heavy atom. The Morgan fingerprint density at radius 3 is 0.409 bits per heavy atom. The van der Waals surface area contributed by atoms with Crippen molar-refractivity contribution < 1.29 is 87.8 Å². The lowest BCUT2D eigenvalue weighted by atomic mass is 9.86. The van der Waals surface area contributed by atoms with Crippen LogP contribution in [-0.4, -0.2) is 102 Å². The summed E-state index contributed by atoms with van der Waals surface area (Å²) in [4.78, 5) is 89.6. The van der Waals surface area contributed by atoms with E-state index in [0.29, 0.717) is 57.8 Å². The molecule has 0 aromatic heterocycles. The number of carbonyl (C=O) groups excluding carboxylic acids is 6. The molecule has 0 aromatic carbocycles. The molecule has 0 aliphatic heterocycles. The van der Waals surface area contributed by atoms with Crippen LogP contribution in [0.4, 0.5) is 0 Å². The molecule has 132 heavy (non-hydrogen) atoms. The first-order valence-electron chi connectivity index (χ1n) is 57.8. The van der Waals surface area contributed by atoms with Gasteiger partial charge in [0.25, 0.3) is 0 Å². The predicted octanol–water partition coefficient (Wildman–Crippen LogP) is 33.2. The number of aliphatic hydroxyl groups excluding tert-OH is 1. The fourth-order valence-electron chi connectivity index (χ4n) is 18.6. The molecule has 4 atom stereocenters.